The van der Waals surface area contributed by atoms with Crippen molar-refractivity contribution in [2.24, 2.45) is 12.5 Å². The number of benzene rings is 1. The van der Waals surface area contributed by atoms with Crippen molar-refractivity contribution in [2.75, 3.05) is 13.1 Å². The van der Waals surface area contributed by atoms with Crippen molar-refractivity contribution in [3.63, 3.8) is 0 Å². The number of carbonyl (C=O) groups is 1. The summed E-state index contributed by atoms with van der Waals surface area (Å²) in [6, 6.07) is 6.05. The highest BCUT2D eigenvalue weighted by atomic mass is 32.2. The molecule has 1 saturated heterocycles. The molecule has 1 aromatic carbocycles. The molecule has 0 spiro atoms. The number of piperidine rings is 1. The highest BCUT2D eigenvalue weighted by molar-refractivity contribution is 7.89. The number of carbonyl (C=O) groups excluding carboxylic acids is 1. The quantitative estimate of drug-likeness (QED) is 0.361. The van der Waals surface area contributed by atoms with E-state index in [4.69, 9.17) is 0 Å². The van der Waals surface area contributed by atoms with Gasteiger partial charge in [-0.15, -0.1) is 11.3 Å². The highest BCUT2D eigenvalue weighted by Crippen LogP contribution is 2.47. The van der Waals surface area contributed by atoms with Gasteiger partial charge in [0.05, 0.1) is 29.2 Å². The Bertz CT molecular complexity index is 1670. The maximum Gasteiger partial charge on any atom is 0.246 e. The monoisotopic (exact) mass is 538 g/mol. The zero-order valence-electron chi connectivity index (χ0n) is 20.1. The number of fused-ring (bicyclic) bond motifs is 2. The minimum atomic E-state index is -3.86. The third-order valence-electron chi connectivity index (χ3n) is 7.02. The molecule has 12 heteroatoms. The number of hydrogen-bond donors (Lipinski definition) is 0. The Morgan fingerprint density at radius 3 is 2.59 bits per heavy atom. The molecule has 0 radical (unpaired) electrons. The Balaban J connectivity index is 1.45. The predicted octanol–water partition coefficient (Wildman–Crippen LogP) is 3.41. The minimum Gasteiger partial charge on any atom is -0.290 e. The second-order valence-electron chi connectivity index (χ2n) is 9.42. The lowest BCUT2D eigenvalue weighted by molar-refractivity contribution is 0.0775. The summed E-state index contributed by atoms with van der Waals surface area (Å²) in [7, 11) is -2.20. The highest BCUT2D eigenvalue weighted by Gasteiger charge is 2.51. The van der Waals surface area contributed by atoms with E-state index < -0.39 is 15.4 Å². The van der Waals surface area contributed by atoms with Crippen molar-refractivity contribution in [3.05, 3.63) is 81.6 Å². The molecule has 1 unspecified atom stereocenters. The molecular formula is C25H23FN6O3S2. The molecule has 6 rings (SSSR count). The van der Waals surface area contributed by atoms with Gasteiger partial charge in [0.15, 0.2) is 5.01 Å². The molecule has 2 aliphatic rings. The van der Waals surface area contributed by atoms with Crippen LogP contribution in [0.1, 0.15) is 32.4 Å². The lowest BCUT2D eigenvalue weighted by Gasteiger charge is -2.44. The van der Waals surface area contributed by atoms with Crippen LogP contribution in [0.4, 0.5) is 4.39 Å². The van der Waals surface area contributed by atoms with Gasteiger partial charge in [0.1, 0.15) is 10.7 Å². The first kappa shape index (κ1) is 23.9. The van der Waals surface area contributed by atoms with Gasteiger partial charge in [0, 0.05) is 37.4 Å². The van der Waals surface area contributed by atoms with Gasteiger partial charge in [-0.1, -0.05) is 5.57 Å². The molecule has 190 valence electrons. The molecule has 0 bridgehead atoms. The third kappa shape index (κ3) is 3.87. The molecule has 4 heterocycles. The fourth-order valence-electron chi connectivity index (χ4n) is 5.15. The second kappa shape index (κ2) is 8.54. The molecular weight excluding hydrogens is 515 g/mol. The van der Waals surface area contributed by atoms with Gasteiger partial charge >= 0.3 is 0 Å². The molecule has 0 amide bonds. The first-order chi connectivity index (χ1) is 17.7. The second-order valence-corrected chi connectivity index (χ2v) is 12.6. The summed E-state index contributed by atoms with van der Waals surface area (Å²) in [5, 5.41) is 8.90. The molecule has 1 aliphatic carbocycles. The van der Waals surface area contributed by atoms with E-state index >= 15 is 0 Å². The van der Waals surface area contributed by atoms with Gasteiger partial charge in [-0.05, 0) is 55.7 Å². The normalized spacial score (nSPS) is 19.8. The molecule has 4 aromatic rings. The van der Waals surface area contributed by atoms with E-state index in [9.17, 15) is 17.6 Å². The van der Waals surface area contributed by atoms with Gasteiger partial charge in [0.2, 0.25) is 15.8 Å². The van der Waals surface area contributed by atoms with E-state index in [1.54, 1.807) is 36.3 Å². The SMILES string of the molecule is Cc1cnc(C(=O)C23Cc4cnn(-c5ccc(F)cc5)c4C=C2CCN(S(=O)(=O)c2cnn(C)c2)C3)s1. The Hall–Kier alpha value is -3.48. The average Bonchev–Trinajstić information content (AvgIpc) is 3.62. The van der Waals surface area contributed by atoms with Gasteiger partial charge in [0.25, 0.3) is 0 Å². The molecule has 0 N–H and O–H groups in total. The van der Waals surface area contributed by atoms with Crippen LogP contribution in [0, 0.1) is 18.2 Å². The van der Waals surface area contributed by atoms with Crippen molar-refractivity contribution in [3.8, 4) is 5.69 Å². The van der Waals surface area contributed by atoms with Crippen LogP contribution >= 0.6 is 11.3 Å². The largest absolute Gasteiger partial charge is 0.290 e. The van der Waals surface area contributed by atoms with Crippen LogP contribution in [0.15, 0.2) is 59.5 Å². The number of aryl methyl sites for hydroxylation is 2. The Morgan fingerprint density at radius 2 is 1.92 bits per heavy atom. The lowest BCUT2D eigenvalue weighted by Crippen LogP contribution is -2.53. The Labute approximate surface area is 216 Å². The summed E-state index contributed by atoms with van der Waals surface area (Å²) in [5.41, 5.74) is 2.06. The molecule has 0 saturated carbocycles. The third-order valence-corrected chi connectivity index (χ3v) is 9.73. The van der Waals surface area contributed by atoms with E-state index in [0.29, 0.717) is 17.1 Å². The topological polar surface area (TPSA) is 103 Å². The maximum absolute atomic E-state index is 14.1. The van der Waals surface area contributed by atoms with Crippen molar-refractivity contribution in [1.29, 1.82) is 0 Å². The standard InChI is InChI=1S/C25H23FN6O3S2/c1-16-11-27-24(36-16)23(33)25-10-17-12-29-32(20-5-3-19(26)4-6-20)22(17)9-18(25)7-8-31(15-25)37(34,35)21-13-28-30(2)14-21/h3-6,9,11-14H,7-8,10,15H2,1-2H3. The van der Waals surface area contributed by atoms with Crippen molar-refractivity contribution in [2.45, 2.75) is 24.7 Å². The number of aromatic nitrogens is 5. The van der Waals surface area contributed by atoms with Crippen LogP contribution < -0.4 is 0 Å². The van der Waals surface area contributed by atoms with Crippen LogP contribution in [-0.2, 0) is 23.5 Å². The summed E-state index contributed by atoms with van der Waals surface area (Å²) < 4.78 is 45.1. The number of halogens is 1. The van der Waals surface area contributed by atoms with Crippen molar-refractivity contribution in [1.82, 2.24) is 28.9 Å². The first-order valence-corrected chi connectivity index (χ1v) is 13.9. The van der Waals surface area contributed by atoms with Crippen LogP contribution in [0.2, 0.25) is 0 Å². The number of thiazole rings is 1. The van der Waals surface area contributed by atoms with Crippen molar-refractivity contribution >= 4 is 33.2 Å². The lowest BCUT2D eigenvalue weighted by atomic mass is 9.66. The molecule has 3 aromatic heterocycles. The van der Waals surface area contributed by atoms with Crippen LogP contribution in [0.3, 0.4) is 0 Å². The molecule has 1 aliphatic heterocycles. The van der Waals surface area contributed by atoms with E-state index in [0.717, 1.165) is 21.7 Å². The number of nitrogens with zero attached hydrogens (tertiary/aromatic N) is 6. The fourth-order valence-corrected chi connectivity index (χ4v) is 7.44. The van der Waals surface area contributed by atoms with Gasteiger partial charge in [-0.3, -0.25) is 9.48 Å². The first-order valence-electron chi connectivity index (χ1n) is 11.7. The van der Waals surface area contributed by atoms with E-state index in [2.05, 4.69) is 15.2 Å². The summed E-state index contributed by atoms with van der Waals surface area (Å²) in [6.45, 7) is 2.11. The maximum atomic E-state index is 14.1. The summed E-state index contributed by atoms with van der Waals surface area (Å²) >= 11 is 1.31. The molecule has 37 heavy (non-hydrogen) atoms. The van der Waals surface area contributed by atoms with Gasteiger partial charge in [-0.2, -0.15) is 14.5 Å². The summed E-state index contributed by atoms with van der Waals surface area (Å²) in [6.07, 6.45) is 8.75. The molecule has 9 nitrogen and oxygen atoms in total. The zero-order valence-corrected chi connectivity index (χ0v) is 21.8. The van der Waals surface area contributed by atoms with Crippen LogP contribution in [-0.4, -0.2) is 56.1 Å². The molecule has 1 atom stereocenters. The number of Topliss-reactive ketones (excluding diaryl/α,β-unsaturated/α-hetero) is 1. The number of hydrogen-bond acceptors (Lipinski definition) is 7. The fraction of sp³-hybridized carbons (Fsp3) is 0.280. The zero-order chi connectivity index (χ0) is 25.9. The smallest absolute Gasteiger partial charge is 0.246 e. The summed E-state index contributed by atoms with van der Waals surface area (Å²) in [4.78, 5) is 19.5. The summed E-state index contributed by atoms with van der Waals surface area (Å²) in [5.74, 6) is -0.531. The van der Waals surface area contributed by atoms with Crippen LogP contribution in [0.25, 0.3) is 11.8 Å². The number of rotatable bonds is 5. The van der Waals surface area contributed by atoms with Crippen molar-refractivity contribution < 1.29 is 17.6 Å². The van der Waals surface area contributed by atoms with Gasteiger partial charge in [-0.25, -0.2) is 22.5 Å². The van der Waals surface area contributed by atoms with E-state index in [-0.39, 0.29) is 36.0 Å². The Morgan fingerprint density at radius 1 is 1.14 bits per heavy atom. The van der Waals surface area contributed by atoms with Gasteiger partial charge < -0.3 is 0 Å². The minimum absolute atomic E-state index is 0.00527. The van der Waals surface area contributed by atoms with E-state index in [1.165, 1.54) is 44.9 Å². The average molecular weight is 539 g/mol. The van der Waals surface area contributed by atoms with Crippen LogP contribution in [0.5, 0.6) is 0 Å². The number of ketones is 1. The number of sulfonamides is 1. The molecule has 1 fully saturated rings. The predicted molar refractivity (Wildman–Crippen MR) is 135 cm³/mol. The Kier molecular flexibility index (Phi) is 5.51. The van der Waals surface area contributed by atoms with E-state index in [1.807, 2.05) is 13.0 Å².